The summed E-state index contributed by atoms with van der Waals surface area (Å²) in [6.45, 7) is 8.29. The van der Waals surface area contributed by atoms with E-state index >= 15 is 0 Å². The molecule has 1 heterocycles. The van der Waals surface area contributed by atoms with Crippen LogP contribution in [0.25, 0.3) is 0 Å². The third kappa shape index (κ3) is 2.58. The predicted molar refractivity (Wildman–Crippen MR) is 74.6 cm³/mol. The van der Waals surface area contributed by atoms with Gasteiger partial charge in [-0.3, -0.25) is 0 Å². The first-order valence-corrected chi connectivity index (χ1v) is 6.48. The van der Waals surface area contributed by atoms with E-state index < -0.39 is 0 Å². The Hall–Kier alpha value is -1.15. The Labute approximate surface area is 108 Å². The molecule has 0 bridgehead atoms. The van der Waals surface area contributed by atoms with Crippen LogP contribution in [-0.2, 0) is 0 Å². The van der Waals surface area contributed by atoms with Crippen molar-refractivity contribution in [3.8, 4) is 0 Å². The van der Waals surface area contributed by atoms with E-state index in [0.717, 1.165) is 13.2 Å². The van der Waals surface area contributed by atoms with Crippen molar-refractivity contribution in [1.29, 1.82) is 0 Å². The smallest absolute Gasteiger partial charge is 0.0942 e. The highest BCUT2D eigenvalue weighted by Gasteiger charge is 2.16. The minimum atomic E-state index is 0.671. The molecule has 2 rings (SSSR count). The van der Waals surface area contributed by atoms with Crippen LogP contribution in [-0.4, -0.2) is 24.0 Å². The van der Waals surface area contributed by atoms with Crippen molar-refractivity contribution in [2.75, 3.05) is 24.0 Å². The summed E-state index contributed by atoms with van der Waals surface area (Å²) in [6, 6.07) is 4.47. The van der Waals surface area contributed by atoms with Crippen molar-refractivity contribution >= 4 is 17.3 Å². The lowest BCUT2D eigenvalue weighted by atomic mass is 10.0. The highest BCUT2D eigenvalue weighted by molar-refractivity contribution is 6.18. The van der Waals surface area contributed by atoms with Gasteiger partial charge in [0.1, 0.15) is 0 Å². The highest BCUT2D eigenvalue weighted by Crippen LogP contribution is 2.28. The third-order valence-corrected chi connectivity index (χ3v) is 3.25. The van der Waals surface area contributed by atoms with Crippen LogP contribution >= 0.6 is 11.6 Å². The van der Waals surface area contributed by atoms with Crippen molar-refractivity contribution in [2.24, 2.45) is 0 Å². The van der Waals surface area contributed by atoms with E-state index in [1.807, 2.05) is 0 Å². The van der Waals surface area contributed by atoms with Crippen molar-refractivity contribution in [3.63, 3.8) is 0 Å². The van der Waals surface area contributed by atoms with Gasteiger partial charge in [-0.05, 0) is 31.9 Å². The van der Waals surface area contributed by atoms with Crippen LogP contribution in [0.1, 0.15) is 16.7 Å². The quantitative estimate of drug-likeness (QED) is 0.759. The van der Waals surface area contributed by atoms with Crippen molar-refractivity contribution in [3.05, 3.63) is 41.2 Å². The average molecular weight is 251 g/mol. The molecule has 92 valence electrons. The van der Waals surface area contributed by atoms with E-state index in [9.17, 15) is 0 Å². The van der Waals surface area contributed by atoms with Crippen molar-refractivity contribution in [1.82, 2.24) is 4.90 Å². The van der Waals surface area contributed by atoms with E-state index in [1.165, 1.54) is 22.4 Å². The third-order valence-electron chi connectivity index (χ3n) is 3.09. The van der Waals surface area contributed by atoms with E-state index in [1.54, 1.807) is 0 Å². The molecule has 1 aromatic carbocycles. The lowest BCUT2D eigenvalue weighted by Crippen LogP contribution is -2.27. The molecule has 0 aromatic heterocycles. The molecule has 0 unspecified atom stereocenters. The molecule has 3 heteroatoms. The van der Waals surface area contributed by atoms with Gasteiger partial charge in [-0.1, -0.05) is 17.7 Å². The minimum absolute atomic E-state index is 0.671. The van der Waals surface area contributed by atoms with Gasteiger partial charge < -0.3 is 9.80 Å². The Balaban J connectivity index is 2.22. The number of benzene rings is 1. The summed E-state index contributed by atoms with van der Waals surface area (Å²) in [5.41, 5.74) is 5.31. The molecule has 0 N–H and O–H groups in total. The van der Waals surface area contributed by atoms with Crippen LogP contribution in [0.2, 0.25) is 0 Å². The predicted octanol–water partition coefficient (Wildman–Crippen LogP) is 3.40. The lowest BCUT2D eigenvalue weighted by Gasteiger charge is -2.24. The first kappa shape index (κ1) is 12.3. The molecule has 1 aromatic rings. The fraction of sp³-hybridized carbons (Fsp3) is 0.429. The molecular formula is C14H19ClN2. The summed E-state index contributed by atoms with van der Waals surface area (Å²) in [6.07, 6.45) is 4.25. The number of hydrogen-bond acceptors (Lipinski definition) is 2. The molecule has 1 aliphatic rings. The maximum Gasteiger partial charge on any atom is 0.0942 e. The number of rotatable bonds is 3. The standard InChI is InChI=1S/C14H19ClN2/c1-11-8-12(2)14(13(3)9-11)17-7-6-16(10-17)5-4-15/h6-9H,4-5,10H2,1-3H3. The maximum absolute atomic E-state index is 5.76. The molecule has 0 radical (unpaired) electrons. The fourth-order valence-corrected chi connectivity index (χ4v) is 2.71. The average Bonchev–Trinajstić information content (AvgIpc) is 2.65. The molecule has 1 aliphatic heterocycles. The summed E-state index contributed by atoms with van der Waals surface area (Å²) in [7, 11) is 0. The van der Waals surface area contributed by atoms with Gasteiger partial charge in [-0.2, -0.15) is 0 Å². The van der Waals surface area contributed by atoms with Crippen LogP contribution in [0.5, 0.6) is 0 Å². The number of hydrogen-bond donors (Lipinski definition) is 0. The zero-order chi connectivity index (χ0) is 12.4. The number of alkyl halides is 1. The second kappa shape index (κ2) is 5.01. The summed E-state index contributed by atoms with van der Waals surface area (Å²) in [5, 5.41) is 0. The van der Waals surface area contributed by atoms with Crippen LogP contribution in [0, 0.1) is 20.8 Å². The molecular weight excluding hydrogens is 232 g/mol. The topological polar surface area (TPSA) is 6.48 Å². The van der Waals surface area contributed by atoms with Crippen LogP contribution in [0.15, 0.2) is 24.5 Å². The summed E-state index contributed by atoms with van der Waals surface area (Å²) < 4.78 is 0. The Morgan fingerprint density at radius 1 is 1.12 bits per heavy atom. The number of halogens is 1. The molecule has 0 atom stereocenters. The second-order valence-electron chi connectivity index (χ2n) is 4.66. The normalized spacial score (nSPS) is 14.8. The number of nitrogens with zero attached hydrogens (tertiary/aromatic N) is 2. The van der Waals surface area contributed by atoms with Crippen LogP contribution in [0.4, 0.5) is 5.69 Å². The first-order chi connectivity index (χ1) is 8.11. The zero-order valence-electron chi connectivity index (χ0n) is 10.7. The second-order valence-corrected chi connectivity index (χ2v) is 5.04. The Bertz CT molecular complexity index is 417. The monoisotopic (exact) mass is 250 g/mol. The van der Waals surface area contributed by atoms with Gasteiger partial charge in [0.15, 0.2) is 0 Å². The molecule has 0 saturated heterocycles. The van der Waals surface area contributed by atoms with Crippen molar-refractivity contribution < 1.29 is 0 Å². The van der Waals surface area contributed by atoms with E-state index in [2.05, 4.69) is 55.1 Å². The molecule has 0 aliphatic carbocycles. The highest BCUT2D eigenvalue weighted by atomic mass is 35.5. The van der Waals surface area contributed by atoms with Crippen LogP contribution in [0.3, 0.4) is 0 Å². The Morgan fingerprint density at radius 2 is 1.76 bits per heavy atom. The first-order valence-electron chi connectivity index (χ1n) is 5.94. The van der Waals surface area contributed by atoms with E-state index in [4.69, 9.17) is 11.6 Å². The number of anilines is 1. The van der Waals surface area contributed by atoms with Gasteiger partial charge in [0, 0.05) is 30.5 Å². The minimum Gasteiger partial charge on any atom is -0.357 e. The molecule has 2 nitrogen and oxygen atoms in total. The van der Waals surface area contributed by atoms with Gasteiger partial charge in [-0.15, -0.1) is 11.6 Å². The molecule has 17 heavy (non-hydrogen) atoms. The lowest BCUT2D eigenvalue weighted by molar-refractivity contribution is 0.431. The molecule has 0 saturated carbocycles. The van der Waals surface area contributed by atoms with E-state index in [0.29, 0.717) is 5.88 Å². The largest absolute Gasteiger partial charge is 0.357 e. The van der Waals surface area contributed by atoms with Gasteiger partial charge in [-0.25, -0.2) is 0 Å². The fourth-order valence-electron chi connectivity index (χ4n) is 2.49. The van der Waals surface area contributed by atoms with Crippen LogP contribution < -0.4 is 4.90 Å². The Kier molecular flexibility index (Phi) is 3.63. The summed E-state index contributed by atoms with van der Waals surface area (Å²) >= 11 is 5.76. The van der Waals surface area contributed by atoms with Gasteiger partial charge in [0.05, 0.1) is 6.67 Å². The van der Waals surface area contributed by atoms with E-state index in [-0.39, 0.29) is 0 Å². The summed E-state index contributed by atoms with van der Waals surface area (Å²) in [5.74, 6) is 0.671. The summed E-state index contributed by atoms with van der Waals surface area (Å²) in [4.78, 5) is 4.52. The molecule has 0 spiro atoms. The zero-order valence-corrected chi connectivity index (χ0v) is 11.5. The molecule has 0 fully saturated rings. The van der Waals surface area contributed by atoms with Gasteiger partial charge >= 0.3 is 0 Å². The van der Waals surface area contributed by atoms with Gasteiger partial charge in [0.25, 0.3) is 0 Å². The Morgan fingerprint density at radius 3 is 2.35 bits per heavy atom. The number of aryl methyl sites for hydroxylation is 3. The van der Waals surface area contributed by atoms with Crippen molar-refractivity contribution in [2.45, 2.75) is 20.8 Å². The maximum atomic E-state index is 5.76. The molecule has 0 amide bonds. The van der Waals surface area contributed by atoms with Gasteiger partial charge in [0.2, 0.25) is 0 Å². The SMILES string of the molecule is Cc1cc(C)c(N2C=CN(CCCl)C2)c(C)c1.